The molecule has 11 heavy (non-hydrogen) atoms. The first kappa shape index (κ1) is 8.43. The van der Waals surface area contributed by atoms with Crippen LogP contribution in [0.2, 0.25) is 0 Å². The third kappa shape index (κ3) is 1.88. The standard InChI is InChI=1S/C6H9NO3S/c1-6(7-5-8)2-3-11(9,10)4-6/h2-4H2,1H3/t6-/m1/s1. The minimum Gasteiger partial charge on any atom is -0.229 e. The van der Waals surface area contributed by atoms with Crippen LogP contribution in [-0.2, 0) is 14.6 Å². The maximum absolute atomic E-state index is 10.9. The average molecular weight is 175 g/mol. The fourth-order valence-corrected chi connectivity index (χ4v) is 3.24. The van der Waals surface area contributed by atoms with Crippen molar-refractivity contribution in [2.45, 2.75) is 18.9 Å². The molecule has 4 nitrogen and oxygen atoms in total. The maximum Gasteiger partial charge on any atom is 0.235 e. The Kier molecular flexibility index (Phi) is 1.86. The zero-order valence-electron chi connectivity index (χ0n) is 6.20. The van der Waals surface area contributed by atoms with Crippen molar-refractivity contribution >= 4 is 15.9 Å². The van der Waals surface area contributed by atoms with Crippen LogP contribution in [0.3, 0.4) is 0 Å². The molecular formula is C6H9NO3S. The number of nitrogens with zero attached hydrogens (tertiary/aromatic N) is 1. The van der Waals surface area contributed by atoms with E-state index in [-0.39, 0.29) is 11.5 Å². The van der Waals surface area contributed by atoms with E-state index in [9.17, 15) is 13.2 Å². The summed E-state index contributed by atoms with van der Waals surface area (Å²) in [5, 5.41) is 0. The van der Waals surface area contributed by atoms with Crippen molar-refractivity contribution in [3.05, 3.63) is 0 Å². The van der Waals surface area contributed by atoms with Crippen molar-refractivity contribution in [2.75, 3.05) is 11.5 Å². The Labute approximate surface area is 65.2 Å². The molecule has 0 aromatic heterocycles. The number of carbonyl (C=O) groups excluding carboxylic acids is 1. The highest BCUT2D eigenvalue weighted by molar-refractivity contribution is 7.91. The van der Waals surface area contributed by atoms with Crippen LogP contribution in [0.25, 0.3) is 0 Å². The summed E-state index contributed by atoms with van der Waals surface area (Å²) in [6.07, 6.45) is 1.83. The molecule has 1 aliphatic heterocycles. The molecule has 0 saturated carbocycles. The quantitative estimate of drug-likeness (QED) is 0.413. The molecule has 0 radical (unpaired) electrons. The molecule has 5 heteroatoms. The Morgan fingerprint density at radius 3 is 2.55 bits per heavy atom. The van der Waals surface area contributed by atoms with Crippen molar-refractivity contribution in [1.82, 2.24) is 0 Å². The van der Waals surface area contributed by atoms with Crippen LogP contribution in [0, 0.1) is 0 Å². The van der Waals surface area contributed by atoms with E-state index in [4.69, 9.17) is 0 Å². The fraction of sp³-hybridized carbons (Fsp3) is 0.833. The van der Waals surface area contributed by atoms with Crippen molar-refractivity contribution in [3.63, 3.8) is 0 Å². The third-order valence-corrected chi connectivity index (χ3v) is 3.69. The predicted molar refractivity (Wildman–Crippen MR) is 39.8 cm³/mol. The van der Waals surface area contributed by atoms with Gasteiger partial charge in [-0.15, -0.1) is 0 Å². The lowest BCUT2D eigenvalue weighted by Crippen LogP contribution is -2.22. The van der Waals surface area contributed by atoms with Crippen molar-refractivity contribution < 1.29 is 13.2 Å². The molecule has 0 amide bonds. The fourth-order valence-electron chi connectivity index (χ4n) is 1.19. The molecule has 1 fully saturated rings. The first-order valence-corrected chi connectivity index (χ1v) is 5.09. The van der Waals surface area contributed by atoms with E-state index in [1.165, 1.54) is 6.08 Å². The van der Waals surface area contributed by atoms with Gasteiger partial charge in [-0.3, -0.25) is 0 Å². The Balaban J connectivity index is 2.89. The Morgan fingerprint density at radius 1 is 1.55 bits per heavy atom. The minimum atomic E-state index is -2.95. The van der Waals surface area contributed by atoms with Gasteiger partial charge in [-0.2, -0.15) is 4.99 Å². The molecule has 0 aliphatic carbocycles. The second-order valence-corrected chi connectivity index (χ2v) is 5.23. The number of isocyanates is 1. The molecule has 0 N–H and O–H groups in total. The first-order chi connectivity index (χ1) is 4.97. The molecule has 1 heterocycles. The van der Waals surface area contributed by atoms with Crippen molar-refractivity contribution in [3.8, 4) is 0 Å². The van der Waals surface area contributed by atoms with Gasteiger partial charge in [0.1, 0.15) is 0 Å². The zero-order chi connectivity index (χ0) is 8.54. The molecule has 1 saturated heterocycles. The lowest BCUT2D eigenvalue weighted by molar-refractivity contribution is 0.511. The van der Waals surface area contributed by atoms with Gasteiger partial charge in [-0.05, 0) is 13.3 Å². The lowest BCUT2D eigenvalue weighted by atomic mass is 10.0. The second kappa shape index (κ2) is 2.43. The predicted octanol–water partition coefficient (Wildman–Crippen LogP) is -0.101. The van der Waals surface area contributed by atoms with Gasteiger partial charge < -0.3 is 0 Å². The third-order valence-electron chi connectivity index (χ3n) is 1.80. The van der Waals surface area contributed by atoms with Crippen LogP contribution >= 0.6 is 0 Å². The van der Waals surface area contributed by atoms with Crippen LogP contribution < -0.4 is 0 Å². The molecule has 0 unspecified atom stereocenters. The monoisotopic (exact) mass is 175 g/mol. The van der Waals surface area contributed by atoms with E-state index in [1.807, 2.05) is 0 Å². The van der Waals surface area contributed by atoms with Crippen LogP contribution in [0.5, 0.6) is 0 Å². The van der Waals surface area contributed by atoms with E-state index < -0.39 is 15.4 Å². The van der Waals surface area contributed by atoms with Gasteiger partial charge in [0.15, 0.2) is 9.84 Å². The second-order valence-electron chi connectivity index (χ2n) is 3.04. The minimum absolute atomic E-state index is 0.0186. The van der Waals surface area contributed by atoms with Crippen LogP contribution in [-0.4, -0.2) is 31.5 Å². The normalized spacial score (nSPS) is 34.6. The van der Waals surface area contributed by atoms with Crippen molar-refractivity contribution in [1.29, 1.82) is 0 Å². The molecule has 62 valence electrons. The average Bonchev–Trinajstić information content (AvgIpc) is 2.07. The summed E-state index contributed by atoms with van der Waals surface area (Å²) in [5.74, 6) is 0.115. The summed E-state index contributed by atoms with van der Waals surface area (Å²) in [6, 6.07) is 0. The molecule has 0 aromatic carbocycles. The van der Waals surface area contributed by atoms with Crippen LogP contribution in [0.1, 0.15) is 13.3 Å². The summed E-state index contributed by atoms with van der Waals surface area (Å²) in [4.78, 5) is 13.4. The highest BCUT2D eigenvalue weighted by Gasteiger charge is 2.38. The number of hydrogen-bond acceptors (Lipinski definition) is 4. The molecule has 0 aromatic rings. The zero-order valence-corrected chi connectivity index (χ0v) is 7.02. The number of sulfone groups is 1. The van der Waals surface area contributed by atoms with Gasteiger partial charge >= 0.3 is 0 Å². The maximum atomic E-state index is 10.9. The summed E-state index contributed by atoms with van der Waals surface area (Å²) < 4.78 is 21.9. The molecule has 0 bridgehead atoms. The van der Waals surface area contributed by atoms with Gasteiger partial charge in [0.25, 0.3) is 0 Å². The molecule has 0 spiro atoms. The van der Waals surface area contributed by atoms with Gasteiger partial charge in [0.2, 0.25) is 6.08 Å². The highest BCUT2D eigenvalue weighted by Crippen LogP contribution is 2.25. The Bertz CT molecular complexity index is 302. The molecule has 1 rings (SSSR count). The van der Waals surface area contributed by atoms with Gasteiger partial charge in [0.05, 0.1) is 17.0 Å². The van der Waals surface area contributed by atoms with Gasteiger partial charge in [-0.25, -0.2) is 13.2 Å². The topological polar surface area (TPSA) is 63.6 Å². The highest BCUT2D eigenvalue weighted by atomic mass is 32.2. The van der Waals surface area contributed by atoms with E-state index in [1.54, 1.807) is 6.92 Å². The van der Waals surface area contributed by atoms with Crippen molar-refractivity contribution in [2.24, 2.45) is 4.99 Å². The first-order valence-electron chi connectivity index (χ1n) is 3.27. The van der Waals surface area contributed by atoms with E-state index in [0.29, 0.717) is 6.42 Å². The van der Waals surface area contributed by atoms with Gasteiger partial charge in [-0.1, -0.05) is 0 Å². The summed E-state index contributed by atoms with van der Waals surface area (Å²) in [5.41, 5.74) is -0.708. The van der Waals surface area contributed by atoms with Crippen LogP contribution in [0.15, 0.2) is 4.99 Å². The molecule has 1 aliphatic rings. The van der Waals surface area contributed by atoms with Gasteiger partial charge in [0, 0.05) is 0 Å². The summed E-state index contributed by atoms with van der Waals surface area (Å²) >= 11 is 0. The van der Waals surface area contributed by atoms with E-state index in [0.717, 1.165) is 0 Å². The number of rotatable bonds is 1. The lowest BCUT2D eigenvalue weighted by Gasteiger charge is -2.11. The number of hydrogen-bond donors (Lipinski definition) is 0. The summed E-state index contributed by atoms with van der Waals surface area (Å²) in [6.45, 7) is 1.66. The molecule has 1 atom stereocenters. The van der Waals surface area contributed by atoms with E-state index in [2.05, 4.69) is 4.99 Å². The number of aliphatic imine (C=N–C) groups is 1. The van der Waals surface area contributed by atoms with Crippen LogP contribution in [0.4, 0.5) is 0 Å². The Hall–Kier alpha value is -0.670. The Morgan fingerprint density at radius 2 is 2.18 bits per heavy atom. The summed E-state index contributed by atoms with van der Waals surface area (Å²) in [7, 11) is -2.95. The SMILES string of the molecule is C[C@@]1(N=C=O)CCS(=O)(=O)C1. The largest absolute Gasteiger partial charge is 0.235 e. The smallest absolute Gasteiger partial charge is 0.229 e. The van der Waals surface area contributed by atoms with E-state index >= 15 is 0 Å². The molecular weight excluding hydrogens is 166 g/mol.